The van der Waals surface area contributed by atoms with Crippen LogP contribution in [0.3, 0.4) is 0 Å². The van der Waals surface area contributed by atoms with Crippen molar-refractivity contribution in [3.8, 4) is 5.75 Å². The van der Waals surface area contributed by atoms with Crippen LogP contribution in [-0.2, 0) is 17.8 Å². The summed E-state index contributed by atoms with van der Waals surface area (Å²) in [5.41, 5.74) is 3.40. The van der Waals surface area contributed by atoms with Crippen molar-refractivity contribution in [3.05, 3.63) is 59.7 Å². The van der Waals surface area contributed by atoms with Gasteiger partial charge in [-0.25, -0.2) is 0 Å². The molecule has 5 nitrogen and oxygen atoms in total. The summed E-state index contributed by atoms with van der Waals surface area (Å²) < 4.78 is 6.06. The fraction of sp³-hybridized carbons (Fsp3) is 0.458. The van der Waals surface area contributed by atoms with Gasteiger partial charge in [-0.1, -0.05) is 44.2 Å². The van der Waals surface area contributed by atoms with Crippen LogP contribution in [0.15, 0.2) is 48.5 Å². The van der Waals surface area contributed by atoms with Crippen LogP contribution in [0.25, 0.3) is 0 Å². The van der Waals surface area contributed by atoms with Crippen molar-refractivity contribution in [2.24, 2.45) is 0 Å². The van der Waals surface area contributed by atoms with Crippen molar-refractivity contribution in [2.45, 2.75) is 33.2 Å². The predicted molar refractivity (Wildman–Crippen MR) is 118 cm³/mol. The molecule has 0 spiro atoms. The van der Waals surface area contributed by atoms with Crippen LogP contribution >= 0.6 is 0 Å². The number of anilines is 1. The highest BCUT2D eigenvalue weighted by atomic mass is 16.5. The molecule has 29 heavy (non-hydrogen) atoms. The molecule has 0 saturated heterocycles. The van der Waals surface area contributed by atoms with Crippen molar-refractivity contribution >= 4 is 11.6 Å². The van der Waals surface area contributed by atoms with Crippen molar-refractivity contribution in [2.75, 3.05) is 44.6 Å². The van der Waals surface area contributed by atoms with Gasteiger partial charge in [0, 0.05) is 38.3 Å². The van der Waals surface area contributed by atoms with Gasteiger partial charge in [-0.05, 0) is 48.8 Å². The lowest BCUT2D eigenvalue weighted by Gasteiger charge is -2.26. The van der Waals surface area contributed by atoms with Crippen molar-refractivity contribution in [1.82, 2.24) is 9.80 Å². The Labute approximate surface area is 174 Å². The summed E-state index contributed by atoms with van der Waals surface area (Å²) in [6.07, 6.45) is 1.33. The number of hydrogen-bond donors (Lipinski definition) is 1. The summed E-state index contributed by atoms with van der Waals surface area (Å²) in [4.78, 5) is 16.4. The first kappa shape index (κ1) is 21.3. The van der Waals surface area contributed by atoms with Crippen LogP contribution in [-0.4, -0.2) is 55.0 Å². The van der Waals surface area contributed by atoms with Gasteiger partial charge in [0.25, 0.3) is 0 Å². The zero-order valence-electron chi connectivity index (χ0n) is 17.7. The molecule has 1 heterocycles. The number of likely N-dealkylation sites (N-methyl/N-ethyl adjacent to an activating group) is 1. The average Bonchev–Trinajstić information content (AvgIpc) is 2.75. The second-order valence-electron chi connectivity index (χ2n) is 7.50. The lowest BCUT2D eigenvalue weighted by molar-refractivity contribution is -0.116. The molecular weight excluding hydrogens is 362 g/mol. The molecule has 3 rings (SSSR count). The van der Waals surface area contributed by atoms with Crippen molar-refractivity contribution in [1.29, 1.82) is 0 Å². The fourth-order valence-corrected chi connectivity index (χ4v) is 3.68. The van der Waals surface area contributed by atoms with Crippen LogP contribution in [0.2, 0.25) is 0 Å². The molecular formula is C24H33N3O2. The maximum absolute atomic E-state index is 11.5. The third-order valence-electron chi connectivity index (χ3n) is 5.52. The molecule has 156 valence electrons. The molecule has 0 unspecified atom stereocenters. The Morgan fingerprint density at radius 1 is 0.931 bits per heavy atom. The number of rotatable bonds is 11. The van der Waals surface area contributed by atoms with Gasteiger partial charge in [0.05, 0.1) is 0 Å². The summed E-state index contributed by atoms with van der Waals surface area (Å²) in [6.45, 7) is 11.1. The highest BCUT2D eigenvalue weighted by Gasteiger charge is 2.15. The van der Waals surface area contributed by atoms with Gasteiger partial charge in [-0.2, -0.15) is 0 Å². The molecule has 0 aromatic heterocycles. The number of fused-ring (bicyclic) bond motifs is 1. The Kier molecular flexibility index (Phi) is 8.08. The number of carbonyl (C=O) groups is 1. The molecule has 2 aromatic carbocycles. The average molecular weight is 396 g/mol. The number of amides is 1. The monoisotopic (exact) mass is 395 g/mol. The molecule has 5 heteroatoms. The van der Waals surface area contributed by atoms with Crippen molar-refractivity contribution in [3.63, 3.8) is 0 Å². The minimum atomic E-state index is 0.0934. The van der Waals surface area contributed by atoms with Crippen LogP contribution < -0.4 is 10.1 Å². The standard InChI is InChI=1S/C24H33N3O2/c1-3-26(4-2)14-15-27(19-20-8-6-5-7-9-20)16-17-29-22-11-12-23-21(18-22)10-13-24(28)25-23/h5-9,11-12,18H,3-4,10,13-17,19H2,1-2H3,(H,25,28). The Bertz CT molecular complexity index is 775. The normalized spacial score (nSPS) is 13.4. The van der Waals surface area contributed by atoms with Crippen molar-refractivity contribution < 1.29 is 9.53 Å². The van der Waals surface area contributed by atoms with E-state index in [2.05, 4.69) is 65.4 Å². The summed E-state index contributed by atoms with van der Waals surface area (Å²) in [6, 6.07) is 16.6. The smallest absolute Gasteiger partial charge is 0.224 e. The van der Waals surface area contributed by atoms with Gasteiger partial charge < -0.3 is 15.0 Å². The fourth-order valence-electron chi connectivity index (χ4n) is 3.68. The number of ether oxygens (including phenoxy) is 1. The Morgan fingerprint density at radius 2 is 1.69 bits per heavy atom. The third-order valence-corrected chi connectivity index (χ3v) is 5.52. The van der Waals surface area contributed by atoms with Gasteiger partial charge in [-0.15, -0.1) is 0 Å². The number of hydrogen-bond acceptors (Lipinski definition) is 4. The van der Waals surface area contributed by atoms with Gasteiger partial charge in [0.1, 0.15) is 12.4 Å². The van der Waals surface area contributed by atoms with Gasteiger partial charge in [0.15, 0.2) is 0 Å². The molecule has 1 aliphatic rings. The molecule has 1 amide bonds. The van der Waals surface area contributed by atoms with E-state index in [1.807, 2.05) is 12.1 Å². The van der Waals surface area contributed by atoms with E-state index in [9.17, 15) is 4.79 Å². The first-order valence-corrected chi connectivity index (χ1v) is 10.7. The van der Waals surface area contributed by atoms with Gasteiger partial charge in [0.2, 0.25) is 5.91 Å². The summed E-state index contributed by atoms with van der Waals surface area (Å²) in [7, 11) is 0. The number of aryl methyl sites for hydroxylation is 1. The quantitative estimate of drug-likeness (QED) is 0.629. The number of carbonyl (C=O) groups excluding carboxylic acids is 1. The predicted octanol–water partition coefficient (Wildman–Crippen LogP) is 3.79. The number of nitrogens with one attached hydrogen (secondary N) is 1. The highest BCUT2D eigenvalue weighted by Crippen LogP contribution is 2.26. The summed E-state index contributed by atoms with van der Waals surface area (Å²) in [5.74, 6) is 0.972. The summed E-state index contributed by atoms with van der Waals surface area (Å²) in [5, 5.41) is 2.92. The van der Waals surface area contributed by atoms with E-state index in [1.165, 1.54) is 5.56 Å². The molecule has 0 saturated carbocycles. The largest absolute Gasteiger partial charge is 0.492 e. The molecule has 0 bridgehead atoms. The summed E-state index contributed by atoms with van der Waals surface area (Å²) >= 11 is 0. The topological polar surface area (TPSA) is 44.8 Å². The molecule has 0 radical (unpaired) electrons. The molecule has 1 N–H and O–H groups in total. The Morgan fingerprint density at radius 3 is 2.45 bits per heavy atom. The van der Waals surface area contributed by atoms with E-state index in [4.69, 9.17) is 4.74 Å². The lowest BCUT2D eigenvalue weighted by Crippen LogP contribution is -2.36. The van der Waals surface area contributed by atoms with Crippen LogP contribution in [0.1, 0.15) is 31.4 Å². The molecule has 0 atom stereocenters. The van der Waals surface area contributed by atoms with E-state index < -0.39 is 0 Å². The van der Waals surface area contributed by atoms with E-state index in [0.29, 0.717) is 13.0 Å². The van der Waals surface area contributed by atoms with Crippen LogP contribution in [0.4, 0.5) is 5.69 Å². The maximum atomic E-state index is 11.5. The highest BCUT2D eigenvalue weighted by molar-refractivity contribution is 5.93. The first-order chi connectivity index (χ1) is 14.2. The molecule has 1 aliphatic heterocycles. The second-order valence-corrected chi connectivity index (χ2v) is 7.50. The second kappa shape index (κ2) is 11.0. The zero-order chi connectivity index (χ0) is 20.5. The van der Waals surface area contributed by atoms with E-state index in [0.717, 1.165) is 62.7 Å². The molecule has 2 aromatic rings. The van der Waals surface area contributed by atoms with Crippen LogP contribution in [0, 0.1) is 0 Å². The number of nitrogens with zero attached hydrogens (tertiary/aromatic N) is 2. The lowest BCUT2D eigenvalue weighted by atomic mass is 10.0. The van der Waals surface area contributed by atoms with E-state index >= 15 is 0 Å². The zero-order valence-corrected chi connectivity index (χ0v) is 17.7. The minimum absolute atomic E-state index is 0.0934. The van der Waals surface area contributed by atoms with E-state index in [1.54, 1.807) is 0 Å². The van der Waals surface area contributed by atoms with Gasteiger partial charge >= 0.3 is 0 Å². The van der Waals surface area contributed by atoms with Crippen LogP contribution in [0.5, 0.6) is 5.75 Å². The Balaban J connectivity index is 1.55. The SMILES string of the molecule is CCN(CC)CCN(CCOc1ccc2c(c1)CCC(=O)N2)Cc1ccccc1. The molecule has 0 aliphatic carbocycles. The number of benzene rings is 2. The first-order valence-electron chi connectivity index (χ1n) is 10.7. The maximum Gasteiger partial charge on any atom is 0.224 e. The Hall–Kier alpha value is -2.37. The third kappa shape index (κ3) is 6.58. The molecule has 0 fully saturated rings. The van der Waals surface area contributed by atoms with E-state index in [-0.39, 0.29) is 5.91 Å². The minimum Gasteiger partial charge on any atom is -0.492 e. The van der Waals surface area contributed by atoms with Gasteiger partial charge in [-0.3, -0.25) is 9.69 Å².